The topological polar surface area (TPSA) is 20.3 Å². The number of benzene rings is 1. The van der Waals surface area contributed by atoms with E-state index in [0.29, 0.717) is 18.6 Å². The second kappa shape index (κ2) is 7.39. The van der Waals surface area contributed by atoms with Gasteiger partial charge in [-0.3, -0.25) is 4.79 Å². The Hall–Kier alpha value is -1.22. The summed E-state index contributed by atoms with van der Waals surface area (Å²) in [4.78, 5) is 14.2. The van der Waals surface area contributed by atoms with Crippen molar-refractivity contribution < 1.29 is 9.18 Å². The molecular formula is C16H22FNO. The van der Waals surface area contributed by atoms with Gasteiger partial charge in [-0.1, -0.05) is 18.6 Å². The molecule has 2 nitrogen and oxygen atoms in total. The van der Waals surface area contributed by atoms with Gasteiger partial charge in [-0.2, -0.15) is 0 Å². The van der Waals surface area contributed by atoms with Crippen LogP contribution in [0.4, 0.5) is 4.39 Å². The van der Waals surface area contributed by atoms with E-state index in [2.05, 4.69) is 4.90 Å². The van der Waals surface area contributed by atoms with Crippen molar-refractivity contribution in [3.63, 3.8) is 0 Å². The molecule has 0 N–H and O–H groups in total. The van der Waals surface area contributed by atoms with Crippen LogP contribution in [0.5, 0.6) is 0 Å². The monoisotopic (exact) mass is 263 g/mol. The van der Waals surface area contributed by atoms with Gasteiger partial charge in [0.05, 0.1) is 0 Å². The summed E-state index contributed by atoms with van der Waals surface area (Å²) in [5, 5.41) is 0. The van der Waals surface area contributed by atoms with E-state index < -0.39 is 0 Å². The van der Waals surface area contributed by atoms with Crippen molar-refractivity contribution in [2.75, 3.05) is 19.6 Å². The van der Waals surface area contributed by atoms with Crippen molar-refractivity contribution in [2.45, 2.75) is 38.5 Å². The number of hydrogen-bond acceptors (Lipinski definition) is 2. The molecule has 3 heteroatoms. The summed E-state index contributed by atoms with van der Waals surface area (Å²) in [6.07, 6.45) is 5.81. The third kappa shape index (κ3) is 5.11. The Morgan fingerprint density at radius 3 is 2.42 bits per heavy atom. The number of carbonyl (C=O) groups excluding carboxylic acids is 1. The maximum absolute atomic E-state index is 12.7. The number of likely N-dealkylation sites (tertiary alicyclic amines) is 1. The van der Waals surface area contributed by atoms with Crippen LogP contribution >= 0.6 is 0 Å². The molecule has 0 unspecified atom stereocenters. The van der Waals surface area contributed by atoms with Gasteiger partial charge in [-0.15, -0.1) is 0 Å². The summed E-state index contributed by atoms with van der Waals surface area (Å²) in [5.74, 6) is 0.0927. The highest BCUT2D eigenvalue weighted by Gasteiger charge is 2.11. The smallest absolute Gasteiger partial charge is 0.134 e. The number of aryl methyl sites for hydroxylation is 1. The lowest BCUT2D eigenvalue weighted by Gasteiger charge is -2.25. The highest BCUT2D eigenvalue weighted by Crippen LogP contribution is 2.10. The minimum atomic E-state index is -0.222. The Balaban J connectivity index is 1.65. The Morgan fingerprint density at radius 2 is 1.74 bits per heavy atom. The van der Waals surface area contributed by atoms with Crippen molar-refractivity contribution >= 4 is 5.78 Å². The molecule has 19 heavy (non-hydrogen) atoms. The summed E-state index contributed by atoms with van der Waals surface area (Å²) in [7, 11) is 0. The molecule has 1 aromatic rings. The van der Waals surface area contributed by atoms with E-state index in [0.717, 1.165) is 31.6 Å². The fraction of sp³-hybridized carbons (Fsp3) is 0.562. The van der Waals surface area contributed by atoms with Crippen LogP contribution in [0.15, 0.2) is 24.3 Å². The second-order valence-electron chi connectivity index (χ2n) is 5.32. The molecule has 1 saturated heterocycles. The predicted molar refractivity (Wildman–Crippen MR) is 74.6 cm³/mol. The van der Waals surface area contributed by atoms with Crippen molar-refractivity contribution in [1.29, 1.82) is 0 Å². The van der Waals surface area contributed by atoms with E-state index in [1.807, 2.05) is 0 Å². The normalized spacial score (nSPS) is 16.5. The maximum atomic E-state index is 12.7. The van der Waals surface area contributed by atoms with Gasteiger partial charge in [0.25, 0.3) is 0 Å². The number of rotatable bonds is 6. The van der Waals surface area contributed by atoms with Crippen molar-refractivity contribution in [2.24, 2.45) is 0 Å². The van der Waals surface area contributed by atoms with Crippen LogP contribution in [0.3, 0.4) is 0 Å². The second-order valence-corrected chi connectivity index (χ2v) is 5.32. The number of piperidine rings is 1. The van der Waals surface area contributed by atoms with Gasteiger partial charge in [-0.05, 0) is 50.0 Å². The molecule has 0 aliphatic carbocycles. The standard InChI is InChI=1S/C16H22FNO/c17-15-7-4-14(5-8-15)6-9-16(19)10-13-18-11-2-1-3-12-18/h4-5,7-8H,1-3,6,9-13H2. The van der Waals surface area contributed by atoms with Gasteiger partial charge in [0.1, 0.15) is 11.6 Å². The summed E-state index contributed by atoms with van der Waals surface area (Å²) < 4.78 is 12.7. The average molecular weight is 263 g/mol. The molecule has 0 amide bonds. The van der Waals surface area contributed by atoms with Gasteiger partial charge >= 0.3 is 0 Å². The molecule has 104 valence electrons. The minimum Gasteiger partial charge on any atom is -0.303 e. The van der Waals surface area contributed by atoms with Crippen molar-refractivity contribution in [1.82, 2.24) is 4.90 Å². The lowest BCUT2D eigenvalue weighted by molar-refractivity contribution is -0.119. The molecule has 0 saturated carbocycles. The molecule has 1 aliphatic rings. The van der Waals surface area contributed by atoms with Crippen LogP contribution < -0.4 is 0 Å². The van der Waals surface area contributed by atoms with E-state index in [9.17, 15) is 9.18 Å². The summed E-state index contributed by atoms with van der Waals surface area (Å²) >= 11 is 0. The number of nitrogens with zero attached hydrogens (tertiary/aromatic N) is 1. The Kier molecular flexibility index (Phi) is 5.52. The zero-order valence-corrected chi connectivity index (χ0v) is 11.4. The van der Waals surface area contributed by atoms with Crippen LogP contribution in [-0.2, 0) is 11.2 Å². The third-order valence-corrected chi connectivity index (χ3v) is 3.76. The average Bonchev–Trinajstić information content (AvgIpc) is 2.45. The molecule has 1 aromatic carbocycles. The Bertz CT molecular complexity index is 396. The molecule has 1 fully saturated rings. The van der Waals surface area contributed by atoms with Crippen molar-refractivity contribution in [3.05, 3.63) is 35.6 Å². The Morgan fingerprint density at radius 1 is 1.05 bits per heavy atom. The zero-order valence-electron chi connectivity index (χ0n) is 11.4. The van der Waals surface area contributed by atoms with Gasteiger partial charge in [0, 0.05) is 19.4 Å². The fourth-order valence-electron chi connectivity index (χ4n) is 2.53. The molecule has 0 aromatic heterocycles. The first-order chi connectivity index (χ1) is 9.24. The molecule has 0 spiro atoms. The predicted octanol–water partition coefficient (Wildman–Crippen LogP) is 3.20. The van der Waals surface area contributed by atoms with Crippen LogP contribution in [0.2, 0.25) is 0 Å². The SMILES string of the molecule is O=C(CCc1ccc(F)cc1)CCN1CCCCC1. The molecule has 1 aliphatic heterocycles. The minimum absolute atomic E-state index is 0.222. The number of carbonyl (C=O) groups is 1. The maximum Gasteiger partial charge on any atom is 0.134 e. The van der Waals surface area contributed by atoms with Crippen LogP contribution in [0, 0.1) is 5.82 Å². The largest absolute Gasteiger partial charge is 0.303 e. The number of Topliss-reactive ketones (excluding diaryl/α,β-unsaturated/α-hetero) is 1. The van der Waals surface area contributed by atoms with Gasteiger partial charge in [0.15, 0.2) is 0 Å². The lowest BCUT2D eigenvalue weighted by Crippen LogP contribution is -2.31. The third-order valence-electron chi connectivity index (χ3n) is 3.76. The molecule has 1 heterocycles. The van der Waals surface area contributed by atoms with Gasteiger partial charge in [-0.25, -0.2) is 4.39 Å². The molecule has 0 atom stereocenters. The number of hydrogen-bond donors (Lipinski definition) is 0. The van der Waals surface area contributed by atoms with Crippen LogP contribution in [0.1, 0.15) is 37.7 Å². The van der Waals surface area contributed by atoms with Gasteiger partial charge < -0.3 is 4.90 Å². The van der Waals surface area contributed by atoms with Crippen LogP contribution in [0.25, 0.3) is 0 Å². The molecule has 0 bridgehead atoms. The first-order valence-electron chi connectivity index (χ1n) is 7.22. The first-order valence-corrected chi connectivity index (χ1v) is 7.22. The summed E-state index contributed by atoms with van der Waals surface area (Å²) in [5.41, 5.74) is 1.03. The lowest BCUT2D eigenvalue weighted by atomic mass is 10.1. The molecule has 0 radical (unpaired) electrons. The zero-order chi connectivity index (χ0) is 13.5. The van der Waals surface area contributed by atoms with E-state index >= 15 is 0 Å². The highest BCUT2D eigenvalue weighted by atomic mass is 19.1. The fourth-order valence-corrected chi connectivity index (χ4v) is 2.53. The molecule has 2 rings (SSSR count). The number of ketones is 1. The van der Waals surface area contributed by atoms with Crippen LogP contribution in [-0.4, -0.2) is 30.3 Å². The molecular weight excluding hydrogens is 241 g/mol. The summed E-state index contributed by atoms with van der Waals surface area (Å²) in [6, 6.07) is 6.42. The van der Waals surface area contributed by atoms with Crippen molar-refractivity contribution in [3.8, 4) is 0 Å². The van der Waals surface area contributed by atoms with E-state index in [1.165, 1.54) is 31.4 Å². The van der Waals surface area contributed by atoms with Gasteiger partial charge in [0.2, 0.25) is 0 Å². The number of halogens is 1. The summed E-state index contributed by atoms with van der Waals surface area (Å²) in [6.45, 7) is 3.19. The highest BCUT2D eigenvalue weighted by molar-refractivity contribution is 5.78. The van der Waals surface area contributed by atoms with E-state index in [4.69, 9.17) is 0 Å². The van der Waals surface area contributed by atoms with E-state index in [1.54, 1.807) is 12.1 Å². The first kappa shape index (κ1) is 14.2. The quantitative estimate of drug-likeness (QED) is 0.785. The van der Waals surface area contributed by atoms with E-state index in [-0.39, 0.29) is 5.82 Å². The Labute approximate surface area is 114 Å².